The van der Waals surface area contributed by atoms with Crippen LogP contribution in [0.3, 0.4) is 0 Å². The molecule has 1 fully saturated rings. The maximum absolute atomic E-state index is 9.69. The zero-order valence-corrected chi connectivity index (χ0v) is 5.31. The molecule has 0 aromatic rings. The molecule has 0 aromatic heterocycles. The van der Waals surface area contributed by atoms with Gasteiger partial charge < -0.3 is 9.47 Å². The molecule has 0 aromatic carbocycles. The Kier molecular flexibility index (Phi) is 6.21. The summed E-state index contributed by atoms with van der Waals surface area (Å²) in [5.41, 5.74) is 0. The van der Waals surface area contributed by atoms with E-state index in [-0.39, 0.29) is 0 Å². The van der Waals surface area contributed by atoms with Gasteiger partial charge in [0.05, 0.1) is 13.2 Å². The molecule has 5 heteroatoms. The van der Waals surface area contributed by atoms with Crippen molar-refractivity contribution in [1.82, 2.24) is 0 Å². The Balaban J connectivity index is 0.000000180. The van der Waals surface area contributed by atoms with Gasteiger partial charge in [-0.3, -0.25) is 0 Å². The summed E-state index contributed by atoms with van der Waals surface area (Å²) in [6.07, 6.45) is -1.78. The molecule has 0 radical (unpaired) electrons. The first kappa shape index (κ1) is 9.45. The number of carbonyl (C=O) groups excluding carboxylic acids is 1. The van der Waals surface area contributed by atoms with Crippen LogP contribution in [0.4, 0.5) is 13.6 Å². The van der Waals surface area contributed by atoms with Gasteiger partial charge in [-0.2, -0.15) is 0 Å². The van der Waals surface area contributed by atoms with E-state index in [9.17, 15) is 8.78 Å². The lowest BCUT2D eigenvalue weighted by molar-refractivity contribution is -0.0963. The van der Waals surface area contributed by atoms with Gasteiger partial charge in [0, 0.05) is 0 Å². The third-order valence-corrected chi connectivity index (χ3v) is 0.744. The minimum absolute atomic E-state index is 0.500. The molecule has 1 rings (SSSR count). The van der Waals surface area contributed by atoms with Gasteiger partial charge in [-0.25, -0.2) is 4.79 Å². The van der Waals surface area contributed by atoms with E-state index in [1.807, 2.05) is 0 Å². The number of hydrogen-bond acceptors (Lipinski definition) is 3. The third-order valence-electron chi connectivity index (χ3n) is 0.744. The van der Waals surface area contributed by atoms with E-state index < -0.39 is 6.29 Å². The average Bonchev–Trinajstić information content (AvgIpc) is 1.90. The van der Waals surface area contributed by atoms with Crippen molar-refractivity contribution in [2.24, 2.45) is 0 Å². The molecular formula is C5H8F2O3. The number of rotatable bonds is 0. The van der Waals surface area contributed by atoms with Crippen LogP contribution in [0.1, 0.15) is 6.42 Å². The summed E-state index contributed by atoms with van der Waals surface area (Å²) in [7, 11) is 0. The highest BCUT2D eigenvalue weighted by Crippen LogP contribution is 1.91. The summed E-state index contributed by atoms with van der Waals surface area (Å²) >= 11 is 0. The van der Waals surface area contributed by atoms with Gasteiger partial charge in [-0.15, -0.1) is 8.78 Å². The first-order valence-corrected chi connectivity index (χ1v) is 2.74. The van der Waals surface area contributed by atoms with E-state index in [0.717, 1.165) is 19.6 Å². The van der Waals surface area contributed by atoms with Crippen LogP contribution in [0.15, 0.2) is 0 Å². The van der Waals surface area contributed by atoms with Crippen molar-refractivity contribution in [3.8, 4) is 0 Å². The second-order valence-electron chi connectivity index (χ2n) is 1.51. The van der Waals surface area contributed by atoms with Crippen LogP contribution in [-0.2, 0) is 9.47 Å². The Labute approximate surface area is 56.9 Å². The first-order valence-electron chi connectivity index (χ1n) is 2.74. The van der Waals surface area contributed by atoms with Gasteiger partial charge in [-0.1, -0.05) is 0 Å². The third kappa shape index (κ3) is 10.4. The fraction of sp³-hybridized carbons (Fsp3) is 0.800. The Morgan fingerprint density at radius 1 is 1.20 bits per heavy atom. The van der Waals surface area contributed by atoms with Crippen LogP contribution >= 0.6 is 0 Å². The van der Waals surface area contributed by atoms with Crippen LogP contribution in [-0.4, -0.2) is 26.3 Å². The summed E-state index contributed by atoms with van der Waals surface area (Å²) in [6.45, 7) is 2.25. The zero-order chi connectivity index (χ0) is 7.82. The first-order chi connectivity index (χ1) is 4.73. The van der Waals surface area contributed by atoms with E-state index in [4.69, 9.17) is 14.3 Å². The Hall–Kier alpha value is -0.550. The topological polar surface area (TPSA) is 35.5 Å². The van der Waals surface area contributed by atoms with E-state index >= 15 is 0 Å². The highest BCUT2D eigenvalue weighted by molar-refractivity contribution is 5.55. The van der Waals surface area contributed by atoms with E-state index in [1.54, 1.807) is 0 Å². The standard InChI is InChI=1S/C4H8O2.CF2O/c1-2-5-4-6-3-1;2-1(3)4/h1-4H2;. The average molecular weight is 154 g/mol. The summed E-state index contributed by atoms with van der Waals surface area (Å²) in [4.78, 5) is 8.11. The van der Waals surface area contributed by atoms with Crippen LogP contribution in [0.25, 0.3) is 0 Å². The van der Waals surface area contributed by atoms with E-state index in [1.165, 1.54) is 0 Å². The second-order valence-corrected chi connectivity index (χ2v) is 1.51. The maximum Gasteiger partial charge on any atom is 0.483 e. The van der Waals surface area contributed by atoms with Gasteiger partial charge in [0.2, 0.25) is 0 Å². The molecule has 0 saturated carbocycles. The number of hydrogen-bond donors (Lipinski definition) is 0. The van der Waals surface area contributed by atoms with E-state index in [0.29, 0.717) is 6.79 Å². The molecule has 1 aliphatic rings. The molecule has 1 saturated heterocycles. The number of halogens is 2. The lowest BCUT2D eigenvalue weighted by Gasteiger charge is -2.09. The Morgan fingerprint density at radius 3 is 1.70 bits per heavy atom. The van der Waals surface area contributed by atoms with Crippen molar-refractivity contribution in [3.63, 3.8) is 0 Å². The van der Waals surface area contributed by atoms with Crippen LogP contribution in [0, 0.1) is 0 Å². The van der Waals surface area contributed by atoms with Crippen LogP contribution in [0.2, 0.25) is 0 Å². The van der Waals surface area contributed by atoms with Crippen molar-refractivity contribution in [2.45, 2.75) is 6.42 Å². The fourth-order valence-corrected chi connectivity index (χ4v) is 0.440. The van der Waals surface area contributed by atoms with Gasteiger partial charge in [-0.05, 0) is 6.42 Å². The van der Waals surface area contributed by atoms with Gasteiger partial charge in [0.15, 0.2) is 0 Å². The minimum atomic E-state index is -2.83. The number of carbonyl (C=O) groups is 1. The van der Waals surface area contributed by atoms with Crippen molar-refractivity contribution in [3.05, 3.63) is 0 Å². The molecule has 1 aliphatic heterocycles. The normalized spacial score (nSPS) is 17.0. The van der Waals surface area contributed by atoms with Crippen LogP contribution in [0.5, 0.6) is 0 Å². The maximum atomic E-state index is 9.69. The molecule has 0 unspecified atom stereocenters. The molecule has 1 heterocycles. The predicted octanol–water partition coefficient (Wildman–Crippen LogP) is 1.43. The predicted molar refractivity (Wildman–Crippen MR) is 29.0 cm³/mol. The van der Waals surface area contributed by atoms with Crippen molar-refractivity contribution < 1.29 is 23.0 Å². The van der Waals surface area contributed by atoms with Gasteiger partial charge >= 0.3 is 6.29 Å². The SMILES string of the molecule is C1COCOC1.O=C(F)F. The molecule has 0 bridgehead atoms. The molecule has 0 amide bonds. The molecular weight excluding hydrogens is 146 g/mol. The smallest absolute Gasteiger partial charge is 0.355 e. The summed E-state index contributed by atoms with van der Waals surface area (Å²) in [5.74, 6) is 0. The molecule has 0 N–H and O–H groups in total. The van der Waals surface area contributed by atoms with Crippen LogP contribution < -0.4 is 0 Å². The lowest BCUT2D eigenvalue weighted by Crippen LogP contribution is -2.11. The molecule has 10 heavy (non-hydrogen) atoms. The highest BCUT2D eigenvalue weighted by Gasteiger charge is 1.94. The molecule has 60 valence electrons. The largest absolute Gasteiger partial charge is 0.483 e. The van der Waals surface area contributed by atoms with E-state index in [2.05, 4.69) is 0 Å². The Bertz CT molecular complexity index is 77.4. The second kappa shape index (κ2) is 6.57. The summed E-state index contributed by atoms with van der Waals surface area (Å²) < 4.78 is 29.1. The molecule has 0 atom stereocenters. The van der Waals surface area contributed by atoms with Gasteiger partial charge in [0.1, 0.15) is 6.79 Å². The molecule has 3 nitrogen and oxygen atoms in total. The monoisotopic (exact) mass is 154 g/mol. The summed E-state index contributed by atoms with van der Waals surface area (Å²) in [6, 6.07) is 0. The molecule has 0 spiro atoms. The lowest BCUT2D eigenvalue weighted by atomic mass is 10.5. The van der Waals surface area contributed by atoms with Gasteiger partial charge in [0.25, 0.3) is 0 Å². The molecule has 0 aliphatic carbocycles. The quantitative estimate of drug-likeness (QED) is 0.495. The summed E-state index contributed by atoms with van der Waals surface area (Å²) in [5, 5.41) is 0. The minimum Gasteiger partial charge on any atom is -0.355 e. The fourth-order valence-electron chi connectivity index (χ4n) is 0.440. The highest BCUT2D eigenvalue weighted by atomic mass is 19.3. The van der Waals surface area contributed by atoms with Crippen molar-refractivity contribution >= 4 is 6.29 Å². The van der Waals surface area contributed by atoms with Crippen molar-refractivity contribution in [1.29, 1.82) is 0 Å². The zero-order valence-electron chi connectivity index (χ0n) is 5.31. The number of ether oxygens (including phenoxy) is 2. The Morgan fingerprint density at radius 2 is 1.60 bits per heavy atom. The van der Waals surface area contributed by atoms with Crippen molar-refractivity contribution in [2.75, 3.05) is 20.0 Å².